The van der Waals surface area contributed by atoms with Gasteiger partial charge in [0.25, 0.3) is 0 Å². The number of carbonyl (C=O) groups is 4. The molecule has 36 heavy (non-hydrogen) atoms. The van der Waals surface area contributed by atoms with Crippen LogP contribution in [0.25, 0.3) is 10.9 Å². The number of H-pyrrole nitrogens is 1. The summed E-state index contributed by atoms with van der Waals surface area (Å²) in [5.74, 6) is -2.54. The van der Waals surface area contributed by atoms with E-state index in [9.17, 15) is 24.4 Å². The molecule has 12 nitrogen and oxygen atoms in total. The van der Waals surface area contributed by atoms with E-state index in [2.05, 4.69) is 11.1 Å². The van der Waals surface area contributed by atoms with Gasteiger partial charge in [-0.1, -0.05) is 6.07 Å². The van der Waals surface area contributed by atoms with E-state index >= 15 is 0 Å². The summed E-state index contributed by atoms with van der Waals surface area (Å²) >= 11 is 0. The third-order valence-electron chi connectivity index (χ3n) is 5.21. The Morgan fingerprint density at radius 3 is 2.19 bits per heavy atom. The molecule has 0 aliphatic carbocycles. The fourth-order valence-electron chi connectivity index (χ4n) is 3.95. The number of hydrogen-bond donors (Lipinski definition) is 1. The zero-order chi connectivity index (χ0) is 26.4. The number of rotatable bonds is 8. The van der Waals surface area contributed by atoms with E-state index in [0.717, 1.165) is 20.8 Å². The summed E-state index contributed by atoms with van der Waals surface area (Å²) in [6.07, 6.45) is -4.74. The summed E-state index contributed by atoms with van der Waals surface area (Å²) in [5.41, 5.74) is 1.34. The normalized spacial score (nSPS) is 23.2. The standard InChI is InChI=1S/C24H26N2O10/c1-12(27)31-11-19-21(32-13(2)28)22(33-14(3)29)23(34-15(4)30)24(36-19)35-18-7-5-6-17-20(18)16(8-9-25)10-26-17/h5-7,10,19,21-24,26H,8,11H2,1-4H3/t19-,21-,22+,23-,24-/m1/s1. The molecule has 1 aliphatic heterocycles. The van der Waals surface area contributed by atoms with Gasteiger partial charge in [-0.2, -0.15) is 5.26 Å². The molecule has 1 fully saturated rings. The van der Waals surface area contributed by atoms with Gasteiger partial charge in [-0.25, -0.2) is 0 Å². The van der Waals surface area contributed by atoms with Crippen LogP contribution in [0.1, 0.15) is 33.3 Å². The van der Waals surface area contributed by atoms with Crippen molar-refractivity contribution in [1.29, 1.82) is 5.26 Å². The minimum atomic E-state index is -1.37. The highest BCUT2D eigenvalue weighted by Crippen LogP contribution is 2.34. The molecule has 1 aromatic carbocycles. The van der Waals surface area contributed by atoms with Crippen molar-refractivity contribution in [2.24, 2.45) is 0 Å². The highest BCUT2D eigenvalue weighted by Gasteiger charge is 2.53. The lowest BCUT2D eigenvalue weighted by molar-refractivity contribution is -0.288. The second-order valence-electron chi connectivity index (χ2n) is 8.01. The van der Waals surface area contributed by atoms with Crippen LogP contribution in [-0.4, -0.2) is 66.2 Å². The van der Waals surface area contributed by atoms with Gasteiger partial charge in [0.2, 0.25) is 12.4 Å². The number of fused-ring (bicyclic) bond motifs is 1. The second-order valence-corrected chi connectivity index (χ2v) is 8.01. The predicted octanol–water partition coefficient (Wildman–Crippen LogP) is 1.70. The first-order valence-corrected chi connectivity index (χ1v) is 11.0. The smallest absolute Gasteiger partial charge is 0.303 e. The van der Waals surface area contributed by atoms with Gasteiger partial charge in [0.15, 0.2) is 12.2 Å². The van der Waals surface area contributed by atoms with E-state index in [0.29, 0.717) is 22.2 Å². The summed E-state index contributed by atoms with van der Waals surface area (Å²) in [6, 6.07) is 7.21. The number of carbonyl (C=O) groups excluding carboxylic acids is 4. The number of aromatic nitrogens is 1. The summed E-state index contributed by atoms with van der Waals surface area (Å²) in [6.45, 7) is 4.24. The first kappa shape index (κ1) is 26.5. The van der Waals surface area contributed by atoms with Crippen molar-refractivity contribution < 1.29 is 47.6 Å². The molecule has 0 bridgehead atoms. The summed E-state index contributed by atoms with van der Waals surface area (Å²) < 4.78 is 33.4. The molecule has 3 rings (SSSR count). The van der Waals surface area contributed by atoms with Crippen LogP contribution in [0.3, 0.4) is 0 Å². The van der Waals surface area contributed by atoms with Crippen LogP contribution in [0.2, 0.25) is 0 Å². The zero-order valence-electron chi connectivity index (χ0n) is 20.1. The minimum Gasteiger partial charge on any atom is -0.463 e. The number of hydrogen-bond acceptors (Lipinski definition) is 11. The number of benzene rings is 1. The molecule has 12 heteroatoms. The average molecular weight is 502 g/mol. The zero-order valence-corrected chi connectivity index (χ0v) is 20.1. The van der Waals surface area contributed by atoms with Crippen LogP contribution in [0.4, 0.5) is 0 Å². The SMILES string of the molecule is CC(=O)OC[C@H]1O[C@@H](Oc2cccc3[nH]cc(CC#N)c23)[C@H](OC(C)=O)[C@@H](OC(C)=O)[C@@H]1OC(C)=O. The summed E-state index contributed by atoms with van der Waals surface area (Å²) in [4.78, 5) is 50.3. The Hall–Kier alpha value is -4.11. The lowest BCUT2D eigenvalue weighted by Crippen LogP contribution is -2.63. The first-order valence-electron chi connectivity index (χ1n) is 11.0. The topological polar surface area (TPSA) is 163 Å². The van der Waals surface area contributed by atoms with Gasteiger partial charge in [-0.3, -0.25) is 19.2 Å². The Morgan fingerprint density at radius 1 is 0.944 bits per heavy atom. The van der Waals surface area contributed by atoms with E-state index < -0.39 is 54.6 Å². The van der Waals surface area contributed by atoms with Crippen molar-refractivity contribution in [1.82, 2.24) is 4.98 Å². The monoisotopic (exact) mass is 502 g/mol. The molecule has 0 amide bonds. The lowest BCUT2D eigenvalue weighted by atomic mass is 9.98. The molecule has 2 aromatic rings. The molecule has 0 radical (unpaired) electrons. The molecule has 192 valence electrons. The fraction of sp³-hybridized carbons (Fsp3) is 0.458. The van der Waals surface area contributed by atoms with Crippen molar-refractivity contribution in [3.63, 3.8) is 0 Å². The maximum atomic E-state index is 12.0. The summed E-state index contributed by atoms with van der Waals surface area (Å²) in [5, 5.41) is 9.79. The van der Waals surface area contributed by atoms with Crippen molar-refractivity contribution in [3.8, 4) is 11.8 Å². The van der Waals surface area contributed by atoms with Crippen LogP contribution in [0.5, 0.6) is 5.75 Å². The molecule has 2 heterocycles. The maximum Gasteiger partial charge on any atom is 0.303 e. The van der Waals surface area contributed by atoms with E-state index in [1.165, 1.54) is 6.92 Å². The minimum absolute atomic E-state index is 0.0962. The van der Waals surface area contributed by atoms with Crippen LogP contribution in [0, 0.1) is 11.3 Å². The number of esters is 4. The third-order valence-corrected chi connectivity index (χ3v) is 5.21. The van der Waals surface area contributed by atoms with Crippen LogP contribution in [-0.2, 0) is 49.3 Å². The molecule has 0 spiro atoms. The molecule has 5 atom stereocenters. The van der Waals surface area contributed by atoms with E-state index in [-0.39, 0.29) is 13.0 Å². The molecule has 1 N–H and O–H groups in total. The molecule has 1 saturated heterocycles. The van der Waals surface area contributed by atoms with Gasteiger partial charge in [-0.05, 0) is 17.7 Å². The van der Waals surface area contributed by atoms with Gasteiger partial charge in [0.1, 0.15) is 18.5 Å². The molecule has 1 aromatic heterocycles. The van der Waals surface area contributed by atoms with Crippen molar-refractivity contribution in [3.05, 3.63) is 30.0 Å². The van der Waals surface area contributed by atoms with Crippen molar-refractivity contribution >= 4 is 34.8 Å². The van der Waals surface area contributed by atoms with Crippen molar-refractivity contribution in [2.45, 2.75) is 64.8 Å². The van der Waals surface area contributed by atoms with Crippen molar-refractivity contribution in [2.75, 3.05) is 6.61 Å². The number of nitrogens with one attached hydrogen (secondary N) is 1. The van der Waals surface area contributed by atoms with Crippen LogP contribution in [0.15, 0.2) is 24.4 Å². The van der Waals surface area contributed by atoms with Gasteiger partial charge < -0.3 is 33.4 Å². The molecule has 0 unspecified atom stereocenters. The molecular formula is C24H26N2O10. The number of ether oxygens (including phenoxy) is 6. The number of nitrogens with zero attached hydrogens (tertiary/aromatic N) is 1. The number of aromatic amines is 1. The average Bonchev–Trinajstić information content (AvgIpc) is 3.19. The Bertz CT molecular complexity index is 1180. The van der Waals surface area contributed by atoms with Crippen LogP contribution < -0.4 is 4.74 Å². The predicted molar refractivity (Wildman–Crippen MR) is 120 cm³/mol. The quantitative estimate of drug-likeness (QED) is 0.413. The third kappa shape index (κ3) is 6.31. The van der Waals surface area contributed by atoms with Gasteiger partial charge in [0, 0.05) is 44.8 Å². The van der Waals surface area contributed by atoms with Gasteiger partial charge >= 0.3 is 23.9 Å². The Balaban J connectivity index is 2.06. The van der Waals surface area contributed by atoms with E-state index in [1.54, 1.807) is 24.4 Å². The highest BCUT2D eigenvalue weighted by atomic mass is 16.7. The first-order chi connectivity index (χ1) is 17.1. The van der Waals surface area contributed by atoms with Gasteiger partial charge in [0.05, 0.1) is 12.5 Å². The Morgan fingerprint density at radius 2 is 1.58 bits per heavy atom. The largest absolute Gasteiger partial charge is 0.463 e. The molecule has 1 aliphatic rings. The van der Waals surface area contributed by atoms with Crippen LogP contribution >= 0.6 is 0 Å². The maximum absolute atomic E-state index is 12.0. The second kappa shape index (κ2) is 11.5. The van der Waals surface area contributed by atoms with E-state index in [4.69, 9.17) is 28.4 Å². The Kier molecular flexibility index (Phi) is 8.50. The lowest BCUT2D eigenvalue weighted by Gasteiger charge is -2.44. The number of nitriles is 1. The van der Waals surface area contributed by atoms with E-state index in [1.807, 2.05) is 0 Å². The molecule has 0 saturated carbocycles. The fourth-order valence-corrected chi connectivity index (χ4v) is 3.95. The summed E-state index contributed by atoms with van der Waals surface area (Å²) in [7, 11) is 0. The Labute approximate surface area is 206 Å². The highest BCUT2D eigenvalue weighted by molar-refractivity contribution is 5.89. The van der Waals surface area contributed by atoms with Gasteiger partial charge in [-0.15, -0.1) is 0 Å². The molecular weight excluding hydrogens is 476 g/mol.